The van der Waals surface area contributed by atoms with Crippen molar-refractivity contribution >= 4 is 10.8 Å². The highest BCUT2D eigenvalue weighted by Crippen LogP contribution is 2.34. The summed E-state index contributed by atoms with van der Waals surface area (Å²) >= 11 is 0. The Hall–Kier alpha value is -3.02. The molecule has 2 aromatic heterocycles. The van der Waals surface area contributed by atoms with Crippen LogP contribution in [0.3, 0.4) is 0 Å². The Balaban J connectivity index is 1.97. The molecule has 0 saturated carbocycles. The Bertz CT molecular complexity index is 1060. The number of nitrogens with zero attached hydrogens (tertiary/aromatic N) is 1. The summed E-state index contributed by atoms with van der Waals surface area (Å²) in [4.78, 5) is 16.9. The van der Waals surface area contributed by atoms with Crippen LogP contribution in [0, 0.1) is 0 Å². The van der Waals surface area contributed by atoms with Crippen LogP contribution in [0.4, 0.5) is 0 Å². The van der Waals surface area contributed by atoms with Gasteiger partial charge in [-0.25, -0.2) is 9.78 Å². The van der Waals surface area contributed by atoms with Crippen LogP contribution in [0.15, 0.2) is 39.5 Å². The molecule has 3 aromatic rings. The van der Waals surface area contributed by atoms with Crippen molar-refractivity contribution in [3.63, 3.8) is 0 Å². The fraction of sp³-hybridized carbons (Fsp3) is 0.417. The van der Waals surface area contributed by atoms with Crippen LogP contribution >= 0.6 is 0 Å². The maximum Gasteiger partial charge on any atom is 0.347 e. The summed E-state index contributed by atoms with van der Waals surface area (Å²) in [6.45, 7) is 4.23. The van der Waals surface area contributed by atoms with Gasteiger partial charge in [-0.15, -0.1) is 0 Å². The zero-order chi connectivity index (χ0) is 21.5. The summed E-state index contributed by atoms with van der Waals surface area (Å²) in [5.74, 6) is 1.18. The minimum absolute atomic E-state index is 0.00174. The number of aromatic nitrogens is 1. The largest absolute Gasteiger partial charge is 0.508 e. The third kappa shape index (κ3) is 5.32. The first-order valence-corrected chi connectivity index (χ1v) is 10.7. The molecule has 6 nitrogen and oxygen atoms in total. The van der Waals surface area contributed by atoms with E-state index >= 15 is 0 Å². The zero-order valence-electron chi connectivity index (χ0n) is 17.6. The summed E-state index contributed by atoms with van der Waals surface area (Å²) in [5.41, 5.74) is 0.119. The van der Waals surface area contributed by atoms with Gasteiger partial charge < -0.3 is 19.4 Å². The number of unbranched alkanes of at least 4 members (excludes halogenated alkanes) is 4. The maximum atomic E-state index is 12.7. The summed E-state index contributed by atoms with van der Waals surface area (Å²) in [6, 6.07) is 7.80. The molecular formula is C24H29NO5. The van der Waals surface area contributed by atoms with Gasteiger partial charge in [-0.05, 0) is 42.8 Å². The molecule has 0 aliphatic rings. The van der Waals surface area contributed by atoms with Gasteiger partial charge in [-0.3, -0.25) is 0 Å². The van der Waals surface area contributed by atoms with Crippen molar-refractivity contribution in [2.45, 2.75) is 65.2 Å². The zero-order valence-corrected chi connectivity index (χ0v) is 17.6. The second-order valence-corrected chi connectivity index (χ2v) is 7.54. The number of aryl methyl sites for hydroxylation is 2. The van der Waals surface area contributed by atoms with Gasteiger partial charge in [0.05, 0.1) is 5.69 Å². The van der Waals surface area contributed by atoms with Crippen molar-refractivity contribution in [1.29, 1.82) is 0 Å². The highest BCUT2D eigenvalue weighted by atomic mass is 16.5. The van der Waals surface area contributed by atoms with Gasteiger partial charge in [0, 0.05) is 18.6 Å². The van der Waals surface area contributed by atoms with Crippen LogP contribution in [0.1, 0.15) is 63.8 Å². The summed E-state index contributed by atoms with van der Waals surface area (Å²) in [7, 11) is 0. The minimum atomic E-state index is -0.492. The van der Waals surface area contributed by atoms with Gasteiger partial charge in [0.15, 0.2) is 0 Å². The van der Waals surface area contributed by atoms with Gasteiger partial charge >= 0.3 is 5.63 Å². The van der Waals surface area contributed by atoms with E-state index in [4.69, 9.17) is 9.15 Å². The van der Waals surface area contributed by atoms with Gasteiger partial charge in [0.1, 0.15) is 28.4 Å². The molecular weight excluding hydrogens is 382 g/mol. The van der Waals surface area contributed by atoms with Crippen molar-refractivity contribution in [1.82, 2.24) is 4.98 Å². The van der Waals surface area contributed by atoms with E-state index in [-0.39, 0.29) is 22.8 Å². The molecule has 6 heteroatoms. The molecule has 2 N–H and O–H groups in total. The van der Waals surface area contributed by atoms with Gasteiger partial charge in [0.2, 0.25) is 5.88 Å². The average Bonchev–Trinajstić information content (AvgIpc) is 2.69. The van der Waals surface area contributed by atoms with Gasteiger partial charge in [-0.2, -0.15) is 0 Å². The standard InChI is InChI=1S/C24H29NO5/c1-3-5-7-9-18-14-16-13-17(26)15-21(23(16)24(28)29-18)30-20-11-12-22(27)25-19(20)10-8-6-4-2/h11-15,26H,3-10H2,1-2H3,(H,25,27). The molecule has 0 saturated heterocycles. The Morgan fingerprint density at radius 1 is 0.933 bits per heavy atom. The first kappa shape index (κ1) is 21.7. The number of hydrogen-bond donors (Lipinski definition) is 2. The summed E-state index contributed by atoms with van der Waals surface area (Å²) in [6.07, 6.45) is 7.41. The third-order valence-electron chi connectivity index (χ3n) is 5.04. The number of phenols is 1. The fourth-order valence-electron chi connectivity index (χ4n) is 3.49. The van der Waals surface area contributed by atoms with Crippen LogP contribution in [0.5, 0.6) is 23.1 Å². The van der Waals surface area contributed by atoms with Crippen molar-refractivity contribution in [2.24, 2.45) is 0 Å². The smallest absolute Gasteiger partial charge is 0.347 e. The molecule has 30 heavy (non-hydrogen) atoms. The number of rotatable bonds is 10. The molecule has 160 valence electrons. The lowest BCUT2D eigenvalue weighted by Crippen LogP contribution is -2.05. The fourth-order valence-corrected chi connectivity index (χ4v) is 3.49. The van der Waals surface area contributed by atoms with Crippen molar-refractivity contribution in [2.75, 3.05) is 0 Å². The highest BCUT2D eigenvalue weighted by Gasteiger charge is 2.16. The van der Waals surface area contributed by atoms with Gasteiger partial charge in [-0.1, -0.05) is 39.5 Å². The molecule has 3 rings (SSSR count). The molecule has 2 heterocycles. The van der Waals surface area contributed by atoms with Crippen molar-refractivity contribution in [3.05, 3.63) is 52.2 Å². The van der Waals surface area contributed by atoms with E-state index in [0.717, 1.165) is 38.5 Å². The molecule has 0 unspecified atom stereocenters. The second-order valence-electron chi connectivity index (χ2n) is 7.54. The van der Waals surface area contributed by atoms with E-state index < -0.39 is 5.63 Å². The number of benzene rings is 1. The normalized spacial score (nSPS) is 11.1. The molecule has 0 radical (unpaired) electrons. The van der Waals surface area contributed by atoms with E-state index in [2.05, 4.69) is 18.8 Å². The molecule has 0 atom stereocenters. The number of fused-ring (bicyclic) bond motifs is 1. The predicted octanol–water partition coefficient (Wildman–Crippen LogP) is 5.86. The van der Waals surface area contributed by atoms with Crippen LogP contribution < -0.4 is 10.4 Å². The number of hydrogen-bond acceptors (Lipinski definition) is 6. The van der Waals surface area contributed by atoms with Crippen LogP contribution in [-0.2, 0) is 12.8 Å². The Morgan fingerprint density at radius 2 is 1.67 bits per heavy atom. The first-order chi connectivity index (χ1) is 14.5. The first-order valence-electron chi connectivity index (χ1n) is 10.7. The highest BCUT2D eigenvalue weighted by molar-refractivity contribution is 5.89. The van der Waals surface area contributed by atoms with Crippen LogP contribution in [-0.4, -0.2) is 15.2 Å². The predicted molar refractivity (Wildman–Crippen MR) is 117 cm³/mol. The van der Waals surface area contributed by atoms with Crippen molar-refractivity contribution < 1.29 is 19.4 Å². The lowest BCUT2D eigenvalue weighted by Gasteiger charge is -2.13. The quantitative estimate of drug-likeness (QED) is 0.406. The SMILES string of the molecule is CCCCCc1cc2cc(O)cc(Oc3ccc(O)nc3CCCCC)c2c(=O)o1. The Kier molecular flexibility index (Phi) is 7.33. The molecule has 0 fully saturated rings. The molecule has 0 aliphatic carbocycles. The topological polar surface area (TPSA) is 92.8 Å². The van der Waals surface area contributed by atoms with E-state index in [1.165, 1.54) is 12.1 Å². The molecule has 1 aromatic carbocycles. The summed E-state index contributed by atoms with van der Waals surface area (Å²) < 4.78 is 11.5. The Morgan fingerprint density at radius 3 is 2.40 bits per heavy atom. The summed E-state index contributed by atoms with van der Waals surface area (Å²) in [5, 5.41) is 20.8. The lowest BCUT2D eigenvalue weighted by molar-refractivity contribution is 0.429. The maximum absolute atomic E-state index is 12.7. The van der Waals surface area contributed by atoms with Crippen LogP contribution in [0.2, 0.25) is 0 Å². The number of phenolic OH excluding ortho intramolecular Hbond substituents is 1. The molecule has 0 aliphatic heterocycles. The number of ether oxygens (including phenoxy) is 1. The number of pyridine rings is 1. The molecule has 0 spiro atoms. The van der Waals surface area contributed by atoms with Crippen molar-refractivity contribution in [3.8, 4) is 23.1 Å². The van der Waals surface area contributed by atoms with Gasteiger partial charge in [0.25, 0.3) is 0 Å². The van der Waals surface area contributed by atoms with E-state index in [9.17, 15) is 15.0 Å². The molecule has 0 amide bonds. The van der Waals surface area contributed by atoms with E-state index in [0.29, 0.717) is 35.4 Å². The monoisotopic (exact) mass is 411 g/mol. The second kappa shape index (κ2) is 10.1. The lowest BCUT2D eigenvalue weighted by atomic mass is 10.1. The molecule has 0 bridgehead atoms. The minimum Gasteiger partial charge on any atom is -0.508 e. The van der Waals surface area contributed by atoms with Crippen LogP contribution in [0.25, 0.3) is 10.8 Å². The average molecular weight is 411 g/mol. The van der Waals surface area contributed by atoms with E-state index in [1.54, 1.807) is 18.2 Å². The van der Waals surface area contributed by atoms with E-state index in [1.807, 2.05) is 0 Å². The third-order valence-corrected chi connectivity index (χ3v) is 5.04. The Labute approximate surface area is 176 Å². The number of aromatic hydroxyl groups is 2.